The lowest BCUT2D eigenvalue weighted by Crippen LogP contribution is -2.10. The van der Waals surface area contributed by atoms with Gasteiger partial charge in [0.15, 0.2) is 9.84 Å². The molecule has 0 saturated heterocycles. The largest absolute Gasteiger partial charge is 0.478 e. The van der Waals surface area contributed by atoms with Crippen LogP contribution in [0.15, 0.2) is 41.4 Å². The van der Waals surface area contributed by atoms with E-state index in [4.69, 9.17) is 5.11 Å². The number of aromatic nitrogens is 1. The number of rotatable bonds is 3. The lowest BCUT2D eigenvalue weighted by atomic mass is 10.0. The van der Waals surface area contributed by atoms with Gasteiger partial charge in [0, 0.05) is 18.0 Å². The number of pyridine rings is 1. The third kappa shape index (κ3) is 3.67. The smallest absolute Gasteiger partial charge is 0.417 e. The van der Waals surface area contributed by atoms with Crippen molar-refractivity contribution in [1.82, 2.24) is 4.98 Å². The number of alkyl halides is 3. The second kappa shape index (κ2) is 5.65. The van der Waals surface area contributed by atoms with Gasteiger partial charge < -0.3 is 5.11 Å². The Morgan fingerprint density at radius 3 is 2.17 bits per heavy atom. The molecular formula is C14H10F3NO4S. The number of halogens is 3. The van der Waals surface area contributed by atoms with Crippen molar-refractivity contribution >= 4 is 15.8 Å². The fourth-order valence-electron chi connectivity index (χ4n) is 1.87. The first kappa shape index (κ1) is 16.9. The zero-order valence-electron chi connectivity index (χ0n) is 11.6. The Morgan fingerprint density at radius 2 is 1.74 bits per heavy atom. The van der Waals surface area contributed by atoms with Crippen LogP contribution in [0.1, 0.15) is 15.9 Å². The van der Waals surface area contributed by atoms with Gasteiger partial charge in [0.2, 0.25) is 0 Å². The maximum atomic E-state index is 12.6. The number of hydrogen-bond acceptors (Lipinski definition) is 4. The van der Waals surface area contributed by atoms with Crippen molar-refractivity contribution in [2.24, 2.45) is 0 Å². The number of hydrogen-bond donors (Lipinski definition) is 1. The summed E-state index contributed by atoms with van der Waals surface area (Å²) in [5, 5.41) is 9.10. The fraction of sp³-hybridized carbons (Fsp3) is 0.143. The summed E-state index contributed by atoms with van der Waals surface area (Å²) in [6.45, 7) is 0. The SMILES string of the molecule is CS(=O)(=O)c1ccc(-c2ncc(C(F)(F)F)cc2C(=O)O)cc1. The molecule has 5 nitrogen and oxygen atoms in total. The Labute approximate surface area is 129 Å². The third-order valence-corrected chi connectivity index (χ3v) is 4.13. The van der Waals surface area contributed by atoms with Crippen LogP contribution in [0.2, 0.25) is 0 Å². The predicted molar refractivity (Wildman–Crippen MR) is 74.7 cm³/mol. The molecule has 1 N–H and O–H groups in total. The highest BCUT2D eigenvalue weighted by Gasteiger charge is 2.32. The van der Waals surface area contributed by atoms with Gasteiger partial charge in [-0.2, -0.15) is 13.2 Å². The zero-order valence-corrected chi connectivity index (χ0v) is 12.4. The number of benzene rings is 1. The van der Waals surface area contributed by atoms with Gasteiger partial charge in [-0.05, 0) is 18.2 Å². The molecule has 2 aromatic rings. The van der Waals surface area contributed by atoms with Crippen LogP contribution in [0.3, 0.4) is 0 Å². The van der Waals surface area contributed by atoms with Gasteiger partial charge >= 0.3 is 12.1 Å². The van der Waals surface area contributed by atoms with Crippen molar-refractivity contribution in [3.8, 4) is 11.3 Å². The van der Waals surface area contributed by atoms with Crippen molar-refractivity contribution in [3.05, 3.63) is 47.7 Å². The second-order valence-electron chi connectivity index (χ2n) is 4.72. The molecule has 9 heteroatoms. The number of sulfone groups is 1. The normalized spacial score (nSPS) is 12.2. The van der Waals surface area contributed by atoms with Crippen LogP contribution in [-0.2, 0) is 16.0 Å². The molecule has 1 aromatic heterocycles. The van der Waals surface area contributed by atoms with Gasteiger partial charge in [-0.15, -0.1) is 0 Å². The summed E-state index contributed by atoms with van der Waals surface area (Å²) in [6.07, 6.45) is -3.18. The highest BCUT2D eigenvalue weighted by molar-refractivity contribution is 7.90. The molecule has 0 aliphatic carbocycles. The van der Waals surface area contributed by atoms with Gasteiger partial charge in [0.25, 0.3) is 0 Å². The van der Waals surface area contributed by atoms with E-state index in [9.17, 15) is 26.4 Å². The van der Waals surface area contributed by atoms with Crippen LogP contribution in [0.5, 0.6) is 0 Å². The first-order valence-electron chi connectivity index (χ1n) is 6.11. The minimum atomic E-state index is -4.71. The highest BCUT2D eigenvalue weighted by atomic mass is 32.2. The van der Waals surface area contributed by atoms with E-state index < -0.39 is 33.1 Å². The minimum absolute atomic E-state index is 0.00466. The zero-order chi connectivity index (χ0) is 17.4. The summed E-state index contributed by atoms with van der Waals surface area (Å²) in [5.41, 5.74) is -1.77. The van der Waals surface area contributed by atoms with Crippen LogP contribution >= 0.6 is 0 Å². The molecule has 1 heterocycles. The minimum Gasteiger partial charge on any atom is -0.478 e. The van der Waals surface area contributed by atoms with Gasteiger partial charge in [-0.1, -0.05) is 12.1 Å². The van der Waals surface area contributed by atoms with Gasteiger partial charge in [-0.3, -0.25) is 4.98 Å². The molecule has 0 amide bonds. The van der Waals surface area contributed by atoms with E-state index in [1.54, 1.807) is 0 Å². The molecule has 0 fully saturated rings. The summed E-state index contributed by atoms with van der Waals surface area (Å²) < 4.78 is 60.7. The molecule has 23 heavy (non-hydrogen) atoms. The van der Waals surface area contributed by atoms with E-state index in [0.717, 1.165) is 6.26 Å². The van der Waals surface area contributed by atoms with Crippen molar-refractivity contribution in [3.63, 3.8) is 0 Å². The van der Waals surface area contributed by atoms with Crippen LogP contribution in [0.4, 0.5) is 13.2 Å². The van der Waals surface area contributed by atoms with E-state index in [1.165, 1.54) is 24.3 Å². The molecule has 0 aliphatic heterocycles. The monoisotopic (exact) mass is 345 g/mol. The fourth-order valence-corrected chi connectivity index (χ4v) is 2.50. The van der Waals surface area contributed by atoms with Crippen LogP contribution in [0.25, 0.3) is 11.3 Å². The van der Waals surface area contributed by atoms with Crippen molar-refractivity contribution < 1.29 is 31.5 Å². The van der Waals surface area contributed by atoms with E-state index in [1.807, 2.05) is 0 Å². The summed E-state index contributed by atoms with van der Waals surface area (Å²) in [7, 11) is -3.44. The number of aromatic carboxylic acids is 1. The van der Waals surface area contributed by atoms with E-state index in [2.05, 4.69) is 4.98 Å². The molecule has 2 rings (SSSR count). The van der Waals surface area contributed by atoms with E-state index in [0.29, 0.717) is 12.3 Å². The summed E-state index contributed by atoms with van der Waals surface area (Å²) in [5.74, 6) is -1.56. The molecule has 122 valence electrons. The quantitative estimate of drug-likeness (QED) is 0.925. The summed E-state index contributed by atoms with van der Waals surface area (Å²) >= 11 is 0. The predicted octanol–water partition coefficient (Wildman–Crippen LogP) is 2.87. The molecule has 0 spiro atoms. The lowest BCUT2D eigenvalue weighted by Gasteiger charge is -2.10. The van der Waals surface area contributed by atoms with Crippen LogP contribution in [0, 0.1) is 0 Å². The first-order valence-corrected chi connectivity index (χ1v) is 8.00. The third-order valence-electron chi connectivity index (χ3n) is 3.00. The van der Waals surface area contributed by atoms with Gasteiger partial charge in [0.05, 0.1) is 21.7 Å². The molecule has 0 bridgehead atoms. The van der Waals surface area contributed by atoms with Gasteiger partial charge in [0.1, 0.15) is 0 Å². The van der Waals surface area contributed by atoms with Crippen molar-refractivity contribution in [2.75, 3.05) is 6.26 Å². The molecule has 1 aromatic carbocycles. The van der Waals surface area contributed by atoms with E-state index >= 15 is 0 Å². The Balaban J connectivity index is 2.57. The van der Waals surface area contributed by atoms with Crippen molar-refractivity contribution in [1.29, 1.82) is 0 Å². The number of carbonyl (C=O) groups is 1. The molecule has 0 aliphatic rings. The molecule has 0 radical (unpaired) electrons. The first-order chi connectivity index (χ1) is 10.5. The maximum Gasteiger partial charge on any atom is 0.417 e. The standard InChI is InChI=1S/C14H10F3NO4S/c1-23(21,22)10-4-2-8(3-5-10)12-11(13(19)20)6-9(7-18-12)14(15,16)17/h2-7H,1H3,(H,19,20). The number of nitrogens with zero attached hydrogens (tertiary/aromatic N) is 1. The Bertz CT molecular complexity index is 859. The average Bonchev–Trinajstić information content (AvgIpc) is 2.45. The Kier molecular flexibility index (Phi) is 4.16. The molecule has 0 saturated carbocycles. The van der Waals surface area contributed by atoms with E-state index in [-0.39, 0.29) is 16.2 Å². The van der Waals surface area contributed by atoms with Gasteiger partial charge in [-0.25, -0.2) is 13.2 Å². The summed E-state index contributed by atoms with van der Waals surface area (Å²) in [4.78, 5) is 14.8. The highest BCUT2D eigenvalue weighted by Crippen LogP contribution is 2.32. The number of carboxylic acids is 1. The average molecular weight is 345 g/mol. The number of carboxylic acid groups (broad SMARTS) is 1. The lowest BCUT2D eigenvalue weighted by molar-refractivity contribution is -0.137. The van der Waals surface area contributed by atoms with Crippen molar-refractivity contribution in [2.45, 2.75) is 11.1 Å². The second-order valence-corrected chi connectivity index (χ2v) is 6.74. The molecular weight excluding hydrogens is 335 g/mol. The maximum absolute atomic E-state index is 12.6. The Morgan fingerprint density at radius 1 is 1.17 bits per heavy atom. The molecule has 0 unspecified atom stereocenters. The van der Waals surface area contributed by atoms with Crippen LogP contribution < -0.4 is 0 Å². The topological polar surface area (TPSA) is 84.3 Å². The molecule has 0 atom stereocenters. The summed E-state index contributed by atoms with van der Waals surface area (Å²) in [6, 6.07) is 5.54. The van der Waals surface area contributed by atoms with Crippen LogP contribution in [-0.4, -0.2) is 30.7 Å². The Hall–Kier alpha value is -2.42.